The molecule has 0 spiro atoms. The van der Waals surface area contributed by atoms with Gasteiger partial charge in [-0.2, -0.15) is 0 Å². The van der Waals surface area contributed by atoms with E-state index >= 15 is 0 Å². The van der Waals surface area contributed by atoms with Crippen molar-refractivity contribution in [1.29, 1.82) is 0 Å². The summed E-state index contributed by atoms with van der Waals surface area (Å²) in [5.41, 5.74) is 3.58. The van der Waals surface area contributed by atoms with Crippen LogP contribution in [0.5, 0.6) is 0 Å². The van der Waals surface area contributed by atoms with Crippen LogP contribution in [0.4, 0.5) is 5.69 Å². The average molecular weight is 240 g/mol. The molecule has 1 aliphatic rings. The van der Waals surface area contributed by atoms with Crippen molar-refractivity contribution >= 4 is 25.6 Å². The summed E-state index contributed by atoms with van der Waals surface area (Å²) in [6, 6.07) is 17.8. The Morgan fingerprint density at radius 3 is 3.00 bits per heavy atom. The Morgan fingerprint density at radius 2 is 2.00 bits per heavy atom. The van der Waals surface area contributed by atoms with E-state index in [-0.39, 0.29) is 15.6 Å². The van der Waals surface area contributed by atoms with E-state index < -0.39 is 0 Å². The van der Waals surface area contributed by atoms with E-state index in [4.69, 9.17) is 0 Å². The third kappa shape index (κ3) is 1.17. The zero-order valence-corrected chi connectivity index (χ0v) is 9.31. The molecule has 0 saturated carbocycles. The van der Waals surface area contributed by atoms with E-state index in [0.717, 1.165) is 11.3 Å². The molecule has 0 amide bonds. The molecule has 0 saturated heterocycles. The van der Waals surface area contributed by atoms with Gasteiger partial charge in [-0.1, -0.05) is 0 Å². The first-order valence-corrected chi connectivity index (χ1v) is 6.25. The third-order valence-corrected chi connectivity index (χ3v) is 4.21. The van der Waals surface area contributed by atoms with Crippen LogP contribution < -0.4 is 4.35 Å². The Labute approximate surface area is 89.3 Å². The standard InChI is InChI=1S/C12H7AsN/c1-3-7-11-9(5-1)10-6-2-4-8-12(10)14-13-11/h1-5,7-8H. The summed E-state index contributed by atoms with van der Waals surface area (Å²) in [7, 11) is 0. The molecule has 0 atom stereocenters. The third-order valence-electron chi connectivity index (χ3n) is 2.27. The van der Waals surface area contributed by atoms with Gasteiger partial charge in [0.2, 0.25) is 0 Å². The molecule has 1 nitrogen and oxygen atoms in total. The van der Waals surface area contributed by atoms with Crippen molar-refractivity contribution in [3.8, 4) is 11.1 Å². The Kier molecular flexibility index (Phi) is 1.85. The summed E-state index contributed by atoms with van der Waals surface area (Å²) in [6.45, 7) is 0. The number of hydrogen-bond acceptors (Lipinski definition) is 1. The molecule has 1 heterocycles. The van der Waals surface area contributed by atoms with Crippen molar-refractivity contribution in [1.82, 2.24) is 0 Å². The van der Waals surface area contributed by atoms with Gasteiger partial charge in [0, 0.05) is 0 Å². The summed E-state index contributed by atoms with van der Waals surface area (Å²) in [5, 5.41) is 0. The van der Waals surface area contributed by atoms with E-state index in [9.17, 15) is 0 Å². The molecular weight excluding hydrogens is 233 g/mol. The average Bonchev–Trinajstić information content (AvgIpc) is 2.29. The first-order chi connectivity index (χ1) is 6.95. The predicted octanol–water partition coefficient (Wildman–Crippen LogP) is 2.31. The van der Waals surface area contributed by atoms with Crippen molar-refractivity contribution in [2.45, 2.75) is 0 Å². The second-order valence-electron chi connectivity index (χ2n) is 3.15. The maximum atomic E-state index is 4.60. The molecule has 0 N–H and O–H groups in total. The molecular formula is C12H7AsN. The van der Waals surface area contributed by atoms with Gasteiger partial charge in [0.1, 0.15) is 0 Å². The van der Waals surface area contributed by atoms with Gasteiger partial charge >= 0.3 is 89.1 Å². The van der Waals surface area contributed by atoms with Gasteiger partial charge in [-0.3, -0.25) is 0 Å². The minimum atomic E-state index is -0.0440. The zero-order chi connectivity index (χ0) is 9.38. The summed E-state index contributed by atoms with van der Waals surface area (Å²) in [6.07, 6.45) is 0. The van der Waals surface area contributed by atoms with Crippen LogP contribution in [0.15, 0.2) is 46.3 Å². The van der Waals surface area contributed by atoms with Crippen LogP contribution >= 0.6 is 0 Å². The van der Waals surface area contributed by atoms with Gasteiger partial charge in [-0.15, -0.1) is 0 Å². The normalized spacial score (nSPS) is 13.1. The molecule has 0 aromatic heterocycles. The Balaban J connectivity index is 2.36. The van der Waals surface area contributed by atoms with Gasteiger partial charge in [0.05, 0.1) is 0 Å². The van der Waals surface area contributed by atoms with Crippen LogP contribution in [-0.4, -0.2) is 15.6 Å². The van der Waals surface area contributed by atoms with Gasteiger partial charge in [0.15, 0.2) is 0 Å². The van der Waals surface area contributed by atoms with Crippen LogP contribution in [0.3, 0.4) is 0 Å². The maximum absolute atomic E-state index is 4.60. The first-order valence-electron chi connectivity index (χ1n) is 4.47. The van der Waals surface area contributed by atoms with Crippen molar-refractivity contribution < 1.29 is 0 Å². The van der Waals surface area contributed by atoms with Crippen LogP contribution in [0.2, 0.25) is 0 Å². The molecule has 2 heteroatoms. The molecule has 0 aliphatic carbocycles. The van der Waals surface area contributed by atoms with E-state index in [1.54, 1.807) is 0 Å². The monoisotopic (exact) mass is 240 g/mol. The number of nitrogens with zero attached hydrogens (tertiary/aromatic N) is 1. The van der Waals surface area contributed by atoms with Crippen molar-refractivity contribution in [3.63, 3.8) is 0 Å². The molecule has 14 heavy (non-hydrogen) atoms. The molecule has 0 fully saturated rings. The fraction of sp³-hybridized carbons (Fsp3) is 0. The molecule has 1 aliphatic heterocycles. The molecule has 2 aromatic rings. The molecule has 0 unspecified atom stereocenters. The van der Waals surface area contributed by atoms with Crippen molar-refractivity contribution in [3.05, 3.63) is 48.5 Å². The summed E-state index contributed by atoms with van der Waals surface area (Å²) < 4.78 is 5.98. The Hall–Kier alpha value is -1.20. The predicted molar refractivity (Wildman–Crippen MR) is 58.2 cm³/mol. The molecule has 65 valence electrons. The SMILES string of the molecule is [c]1cccc2c1-c1ccccc1[As]=N2. The molecule has 0 bridgehead atoms. The summed E-state index contributed by atoms with van der Waals surface area (Å²) in [4.78, 5) is 0. The number of rotatable bonds is 0. The van der Waals surface area contributed by atoms with Gasteiger partial charge in [0.25, 0.3) is 0 Å². The van der Waals surface area contributed by atoms with Crippen LogP contribution in [0, 0.1) is 6.07 Å². The number of benzene rings is 2. The van der Waals surface area contributed by atoms with Gasteiger partial charge < -0.3 is 0 Å². The molecule has 2 aromatic carbocycles. The van der Waals surface area contributed by atoms with Crippen LogP contribution in [-0.2, 0) is 0 Å². The van der Waals surface area contributed by atoms with Gasteiger partial charge in [-0.25, -0.2) is 0 Å². The van der Waals surface area contributed by atoms with E-state index in [2.05, 4.69) is 40.3 Å². The minimum absolute atomic E-state index is 0.0440. The number of fused-ring (bicyclic) bond motifs is 3. The van der Waals surface area contributed by atoms with Crippen molar-refractivity contribution in [2.24, 2.45) is 3.86 Å². The van der Waals surface area contributed by atoms with Crippen molar-refractivity contribution in [2.75, 3.05) is 0 Å². The second-order valence-corrected chi connectivity index (χ2v) is 5.00. The summed E-state index contributed by atoms with van der Waals surface area (Å²) >= 11 is -0.0440. The Bertz CT molecular complexity index is 470. The fourth-order valence-electron chi connectivity index (χ4n) is 1.61. The fourth-order valence-corrected chi connectivity index (χ4v) is 3.35. The summed E-state index contributed by atoms with van der Waals surface area (Å²) in [5.74, 6) is 0. The van der Waals surface area contributed by atoms with E-state index in [1.165, 1.54) is 9.91 Å². The van der Waals surface area contributed by atoms with Crippen LogP contribution in [0.25, 0.3) is 11.1 Å². The van der Waals surface area contributed by atoms with Crippen LogP contribution in [0.1, 0.15) is 0 Å². The van der Waals surface area contributed by atoms with Gasteiger partial charge in [-0.05, 0) is 0 Å². The number of hydrogen-bond donors (Lipinski definition) is 0. The topological polar surface area (TPSA) is 12.4 Å². The quantitative estimate of drug-likeness (QED) is 0.535. The molecule has 1 radical (unpaired) electrons. The van der Waals surface area contributed by atoms with E-state index in [0.29, 0.717) is 0 Å². The first kappa shape index (κ1) is 8.14. The second kappa shape index (κ2) is 3.18. The Morgan fingerprint density at radius 1 is 1.07 bits per heavy atom. The molecule has 3 rings (SSSR count). The van der Waals surface area contributed by atoms with E-state index in [1.807, 2.05) is 12.1 Å². The zero-order valence-electron chi connectivity index (χ0n) is 7.44.